The van der Waals surface area contributed by atoms with Crippen molar-refractivity contribution in [3.63, 3.8) is 0 Å². The molecule has 2 aromatic carbocycles. The molecular formula is C21H20BO6. The summed E-state index contributed by atoms with van der Waals surface area (Å²) in [5.41, 5.74) is 1.33. The standard InChI is InChI=1S/C21H20O6.B/c1-26-20-11-14(5-9-18(20)24)3-7-16(22)13-17(23)8-4-15-6-10-19(25)21(12-15)27-2;/h3-12,24-25H,13H2,1-2H3;. The molecule has 0 aliphatic heterocycles. The largest absolute Gasteiger partial charge is 0.504 e. The zero-order chi connectivity index (χ0) is 19.8. The second-order valence-electron chi connectivity index (χ2n) is 5.64. The molecule has 0 saturated heterocycles. The number of allylic oxidation sites excluding steroid dienone is 2. The van der Waals surface area contributed by atoms with Crippen LogP contribution in [0.25, 0.3) is 12.2 Å². The van der Waals surface area contributed by atoms with E-state index in [4.69, 9.17) is 9.47 Å². The normalized spacial score (nSPS) is 10.6. The summed E-state index contributed by atoms with van der Waals surface area (Å²) in [5.74, 6) is -0.0832. The molecule has 0 fully saturated rings. The predicted molar refractivity (Wildman–Crippen MR) is 108 cm³/mol. The van der Waals surface area contributed by atoms with E-state index < -0.39 is 0 Å². The minimum atomic E-state index is -0.347. The highest BCUT2D eigenvalue weighted by molar-refractivity contribution is 6.10. The topological polar surface area (TPSA) is 93.1 Å². The molecule has 0 unspecified atom stereocenters. The molecular weight excluding hydrogens is 359 g/mol. The van der Waals surface area contributed by atoms with Crippen LogP contribution in [0.4, 0.5) is 0 Å². The van der Waals surface area contributed by atoms with Gasteiger partial charge < -0.3 is 19.7 Å². The van der Waals surface area contributed by atoms with Crippen molar-refractivity contribution in [2.24, 2.45) is 0 Å². The van der Waals surface area contributed by atoms with E-state index in [1.807, 2.05) is 0 Å². The lowest BCUT2D eigenvalue weighted by atomic mass is 10.1. The van der Waals surface area contributed by atoms with E-state index in [0.29, 0.717) is 22.6 Å². The zero-order valence-electron chi connectivity index (χ0n) is 15.6. The van der Waals surface area contributed by atoms with Gasteiger partial charge in [-0.05, 0) is 47.5 Å². The van der Waals surface area contributed by atoms with Crippen molar-refractivity contribution in [1.29, 1.82) is 0 Å². The summed E-state index contributed by atoms with van der Waals surface area (Å²) in [4.78, 5) is 23.9. The van der Waals surface area contributed by atoms with Gasteiger partial charge in [0.1, 0.15) is 0 Å². The first kappa shape index (κ1) is 22.6. The fourth-order valence-electron chi connectivity index (χ4n) is 2.26. The molecule has 0 saturated carbocycles. The summed E-state index contributed by atoms with van der Waals surface area (Å²) in [7, 11) is 2.87. The van der Waals surface area contributed by atoms with Crippen LogP contribution in [0.2, 0.25) is 0 Å². The van der Waals surface area contributed by atoms with E-state index in [1.165, 1.54) is 38.5 Å². The highest BCUT2D eigenvalue weighted by Gasteiger charge is 2.06. The van der Waals surface area contributed by atoms with Crippen molar-refractivity contribution in [3.05, 3.63) is 59.7 Å². The molecule has 7 heteroatoms. The van der Waals surface area contributed by atoms with E-state index in [9.17, 15) is 19.8 Å². The van der Waals surface area contributed by atoms with Crippen molar-refractivity contribution in [3.8, 4) is 23.0 Å². The first-order valence-electron chi connectivity index (χ1n) is 8.08. The first-order valence-corrected chi connectivity index (χ1v) is 8.08. The number of phenols is 2. The lowest BCUT2D eigenvalue weighted by Gasteiger charge is -2.03. The second kappa shape index (κ2) is 10.6. The number of phenolic OH excluding ortho intramolecular Hbond substituents is 2. The van der Waals surface area contributed by atoms with Gasteiger partial charge in [-0.3, -0.25) is 9.59 Å². The third-order valence-corrected chi connectivity index (χ3v) is 3.68. The van der Waals surface area contributed by atoms with Crippen LogP contribution in [0.5, 0.6) is 23.0 Å². The number of benzene rings is 2. The maximum atomic E-state index is 11.9. The average Bonchev–Trinajstić information content (AvgIpc) is 2.66. The summed E-state index contributed by atoms with van der Waals surface area (Å²) in [6, 6.07) is 9.34. The Labute approximate surface area is 165 Å². The second-order valence-corrected chi connectivity index (χ2v) is 5.64. The molecule has 28 heavy (non-hydrogen) atoms. The Morgan fingerprint density at radius 2 is 1.21 bits per heavy atom. The van der Waals surface area contributed by atoms with Crippen molar-refractivity contribution >= 4 is 32.1 Å². The minimum absolute atomic E-state index is 0. The van der Waals surface area contributed by atoms with Crippen molar-refractivity contribution in [2.45, 2.75) is 6.42 Å². The van der Waals surface area contributed by atoms with Crippen LogP contribution in [0.1, 0.15) is 17.5 Å². The molecule has 0 aliphatic rings. The number of rotatable bonds is 8. The Bertz CT molecular complexity index is 828. The van der Waals surface area contributed by atoms with Crippen molar-refractivity contribution in [1.82, 2.24) is 0 Å². The fourth-order valence-corrected chi connectivity index (χ4v) is 2.26. The first-order chi connectivity index (χ1) is 12.9. The number of ketones is 2. The Hall–Kier alpha value is -3.48. The lowest BCUT2D eigenvalue weighted by Crippen LogP contribution is -2.01. The maximum Gasteiger partial charge on any atom is 0.163 e. The van der Waals surface area contributed by atoms with E-state index >= 15 is 0 Å². The number of hydrogen-bond acceptors (Lipinski definition) is 6. The fraction of sp³-hybridized carbons (Fsp3) is 0.143. The lowest BCUT2D eigenvalue weighted by molar-refractivity contribution is -0.121. The van der Waals surface area contributed by atoms with Gasteiger partial charge in [-0.25, -0.2) is 0 Å². The predicted octanol–water partition coefficient (Wildman–Crippen LogP) is 2.99. The van der Waals surface area contributed by atoms with Gasteiger partial charge in [0.15, 0.2) is 34.6 Å². The minimum Gasteiger partial charge on any atom is -0.504 e. The van der Waals surface area contributed by atoms with Crippen LogP contribution >= 0.6 is 0 Å². The quantitative estimate of drug-likeness (QED) is 0.416. The number of hydrogen-bond donors (Lipinski definition) is 2. The highest BCUT2D eigenvalue weighted by Crippen LogP contribution is 2.27. The molecule has 2 rings (SSSR count). The Morgan fingerprint density at radius 3 is 1.57 bits per heavy atom. The van der Waals surface area contributed by atoms with Crippen LogP contribution < -0.4 is 9.47 Å². The Kier molecular flexibility index (Phi) is 8.56. The number of methoxy groups -OCH3 is 2. The molecule has 3 radical (unpaired) electrons. The number of ether oxygens (including phenoxy) is 2. The molecule has 0 bridgehead atoms. The summed E-state index contributed by atoms with van der Waals surface area (Å²) in [6.45, 7) is 0. The molecule has 0 aliphatic carbocycles. The molecule has 0 heterocycles. The summed E-state index contributed by atoms with van der Waals surface area (Å²) < 4.78 is 10.00. The Balaban J connectivity index is 0.00000392. The van der Waals surface area contributed by atoms with Crippen LogP contribution in [0, 0.1) is 0 Å². The van der Waals surface area contributed by atoms with Crippen molar-refractivity contribution < 1.29 is 29.3 Å². The van der Waals surface area contributed by atoms with Crippen LogP contribution in [-0.2, 0) is 9.59 Å². The smallest absolute Gasteiger partial charge is 0.163 e. The van der Waals surface area contributed by atoms with Gasteiger partial charge in [0.05, 0.1) is 20.6 Å². The van der Waals surface area contributed by atoms with E-state index in [1.54, 1.807) is 36.4 Å². The highest BCUT2D eigenvalue weighted by atomic mass is 16.5. The molecule has 0 atom stereocenters. The number of carbonyl (C=O) groups is 2. The summed E-state index contributed by atoms with van der Waals surface area (Å²) in [5, 5.41) is 19.1. The van der Waals surface area contributed by atoms with Gasteiger partial charge in [0.2, 0.25) is 0 Å². The zero-order valence-corrected chi connectivity index (χ0v) is 15.6. The van der Waals surface area contributed by atoms with Gasteiger partial charge in [-0.1, -0.05) is 24.3 Å². The van der Waals surface area contributed by atoms with E-state index in [2.05, 4.69) is 0 Å². The van der Waals surface area contributed by atoms with Gasteiger partial charge in [-0.2, -0.15) is 0 Å². The van der Waals surface area contributed by atoms with E-state index in [0.717, 1.165) is 0 Å². The Morgan fingerprint density at radius 1 is 0.821 bits per heavy atom. The summed E-state index contributed by atoms with van der Waals surface area (Å²) >= 11 is 0. The molecule has 2 aromatic rings. The number of aromatic hydroxyl groups is 2. The SMILES string of the molecule is COc1cc(C=CC(=O)CC(=O)C=Cc2ccc(O)c(OC)c2)ccc1O.[B]. The van der Waals surface area contributed by atoms with Crippen molar-refractivity contribution in [2.75, 3.05) is 14.2 Å². The van der Waals surface area contributed by atoms with Gasteiger partial charge >= 0.3 is 0 Å². The van der Waals surface area contributed by atoms with Crippen LogP contribution in [0.15, 0.2) is 48.6 Å². The maximum absolute atomic E-state index is 11.9. The van der Waals surface area contributed by atoms with Gasteiger partial charge in [0, 0.05) is 8.41 Å². The number of carbonyl (C=O) groups excluding carboxylic acids is 2. The third-order valence-electron chi connectivity index (χ3n) is 3.68. The average molecular weight is 379 g/mol. The third kappa shape index (κ3) is 6.35. The monoisotopic (exact) mass is 379 g/mol. The molecule has 6 nitrogen and oxygen atoms in total. The van der Waals surface area contributed by atoms with Crippen LogP contribution in [-0.4, -0.2) is 44.4 Å². The van der Waals surface area contributed by atoms with Gasteiger partial charge in [0.25, 0.3) is 0 Å². The molecule has 0 aromatic heterocycles. The molecule has 2 N–H and O–H groups in total. The molecule has 143 valence electrons. The molecule has 0 spiro atoms. The van der Waals surface area contributed by atoms with E-state index in [-0.39, 0.29) is 37.9 Å². The van der Waals surface area contributed by atoms with Gasteiger partial charge in [-0.15, -0.1) is 0 Å². The van der Waals surface area contributed by atoms with Crippen LogP contribution in [0.3, 0.4) is 0 Å². The molecule has 0 amide bonds. The summed E-state index contributed by atoms with van der Waals surface area (Å²) in [6.07, 6.45) is 5.44.